The maximum atomic E-state index is 9.26. The Morgan fingerprint density at radius 3 is 1.60 bits per heavy atom. The average molecular weight is 176 g/mol. The molecule has 5 nitrogen and oxygen atoms in total. The molecule has 0 bridgehead atoms. The van der Waals surface area contributed by atoms with E-state index >= 15 is 0 Å². The number of carboxylic acids is 1. The van der Waals surface area contributed by atoms with Gasteiger partial charge in [-0.1, -0.05) is 6.92 Å². The van der Waals surface area contributed by atoms with Crippen LogP contribution in [-0.2, 0) is 4.79 Å². The third-order valence-electron chi connectivity index (χ3n) is 0.289. The molecule has 7 heteroatoms. The molecule has 0 heterocycles. The van der Waals surface area contributed by atoms with E-state index in [1.807, 2.05) is 0 Å². The molecule has 0 saturated heterocycles. The summed E-state index contributed by atoms with van der Waals surface area (Å²) in [6, 6.07) is 0. The molecule has 0 saturated carbocycles. The predicted octanol–water partition coefficient (Wildman–Crippen LogP) is -6.17. The molecule has 0 fully saturated rings. The van der Waals surface area contributed by atoms with Crippen molar-refractivity contribution < 1.29 is 53.8 Å². The van der Waals surface area contributed by atoms with Gasteiger partial charge < -0.3 is 24.3 Å². The van der Waals surface area contributed by atoms with Gasteiger partial charge in [-0.2, -0.15) is 0 Å². The zero-order valence-electron chi connectivity index (χ0n) is 5.94. The average Bonchev–Trinajstić information content (AvgIpc) is 1.65. The molecule has 56 valence electrons. The molecule has 0 atom stereocenters. The molecule has 0 aliphatic carbocycles. The third-order valence-corrected chi connectivity index (χ3v) is 0.289. The Labute approximate surface area is 82.6 Å². The standard InChI is InChI=1S/C3H6O2.Na.H4O3Si/c1-2-3(4)5;;1-4(2)3/h2H2,1H3,(H,4,5);;1-4H/q;+1;/p-1. The minimum Gasteiger partial charge on any atom is -0.550 e. The van der Waals surface area contributed by atoms with Crippen LogP contribution in [0.4, 0.5) is 0 Å². The Bertz CT molecular complexity index is 74.5. The Morgan fingerprint density at radius 2 is 1.60 bits per heavy atom. The van der Waals surface area contributed by atoms with Crippen LogP contribution < -0.4 is 34.7 Å². The van der Waals surface area contributed by atoms with Crippen molar-refractivity contribution in [1.82, 2.24) is 0 Å². The molecule has 0 amide bonds. The number of carboxylic acid groups (broad SMARTS) is 1. The summed E-state index contributed by atoms with van der Waals surface area (Å²) in [6.07, 6.45) is 0.111. The quantitative estimate of drug-likeness (QED) is 0.345. The molecular weight excluding hydrogens is 167 g/mol. The monoisotopic (exact) mass is 176 g/mol. The molecule has 0 aromatic heterocycles. The number of carbonyl (C=O) groups is 1. The molecule has 0 aliphatic rings. The summed E-state index contributed by atoms with van der Waals surface area (Å²) in [4.78, 5) is 31.2. The van der Waals surface area contributed by atoms with Crippen molar-refractivity contribution in [1.29, 1.82) is 0 Å². The smallest absolute Gasteiger partial charge is 0.550 e. The van der Waals surface area contributed by atoms with Crippen molar-refractivity contribution in [2.24, 2.45) is 0 Å². The van der Waals surface area contributed by atoms with Crippen LogP contribution in [0.25, 0.3) is 0 Å². The van der Waals surface area contributed by atoms with Gasteiger partial charge in [0.05, 0.1) is 0 Å². The van der Waals surface area contributed by atoms with Gasteiger partial charge in [0.1, 0.15) is 0 Å². The van der Waals surface area contributed by atoms with E-state index < -0.39 is 15.5 Å². The second-order valence-electron chi connectivity index (χ2n) is 1.07. The number of carbonyl (C=O) groups excluding carboxylic acids is 1. The van der Waals surface area contributed by atoms with Gasteiger partial charge in [-0.05, 0) is 6.42 Å². The van der Waals surface area contributed by atoms with Crippen LogP contribution in [0.5, 0.6) is 0 Å². The van der Waals surface area contributed by atoms with E-state index in [4.69, 9.17) is 14.4 Å². The van der Waals surface area contributed by atoms with Gasteiger partial charge in [-0.15, -0.1) is 0 Å². The van der Waals surface area contributed by atoms with E-state index in [-0.39, 0.29) is 36.0 Å². The zero-order chi connectivity index (χ0) is 7.86. The second-order valence-corrected chi connectivity index (χ2v) is 1.76. The maximum Gasteiger partial charge on any atom is 1.00 e. The zero-order valence-corrected chi connectivity index (χ0v) is 9.10. The fraction of sp³-hybridized carbons (Fsp3) is 0.667. The Hall–Kier alpha value is 0.567. The molecule has 10 heavy (non-hydrogen) atoms. The summed E-state index contributed by atoms with van der Waals surface area (Å²) in [5.41, 5.74) is 0. The van der Waals surface area contributed by atoms with E-state index in [2.05, 4.69) is 0 Å². The molecule has 0 unspecified atom stereocenters. The fourth-order valence-corrected chi connectivity index (χ4v) is 0. The van der Waals surface area contributed by atoms with Gasteiger partial charge >= 0.3 is 39.1 Å². The minimum atomic E-state index is -3.14. The van der Waals surface area contributed by atoms with Gasteiger partial charge in [0, 0.05) is 5.97 Å². The van der Waals surface area contributed by atoms with Gasteiger partial charge in [0.2, 0.25) is 0 Å². The van der Waals surface area contributed by atoms with Crippen LogP contribution in [0.15, 0.2) is 0 Å². The Kier molecular flexibility index (Phi) is 20.7. The van der Waals surface area contributed by atoms with Crippen molar-refractivity contribution in [3.8, 4) is 0 Å². The third kappa shape index (κ3) is 74.4. The Balaban J connectivity index is -0.0000000910. The van der Waals surface area contributed by atoms with E-state index in [1.165, 1.54) is 6.92 Å². The number of hydrogen-bond donors (Lipinski definition) is 3. The van der Waals surface area contributed by atoms with E-state index in [0.29, 0.717) is 0 Å². The first kappa shape index (κ1) is 16.9. The largest absolute Gasteiger partial charge is 1.00 e. The van der Waals surface area contributed by atoms with Crippen molar-refractivity contribution in [2.75, 3.05) is 0 Å². The fourth-order valence-electron chi connectivity index (χ4n) is 0. The molecular formula is C3H9NaO5Si. The number of rotatable bonds is 1. The van der Waals surface area contributed by atoms with Crippen molar-refractivity contribution in [2.45, 2.75) is 13.3 Å². The normalized spacial score (nSPS) is 7.30. The summed E-state index contributed by atoms with van der Waals surface area (Å²) in [5, 5.41) is 9.26. The van der Waals surface area contributed by atoms with E-state index in [1.54, 1.807) is 0 Å². The maximum absolute atomic E-state index is 9.26. The first-order valence-electron chi connectivity index (χ1n) is 2.24. The van der Waals surface area contributed by atoms with E-state index in [9.17, 15) is 9.90 Å². The summed E-state index contributed by atoms with van der Waals surface area (Å²) < 4.78 is 0. The second kappa shape index (κ2) is 12.3. The summed E-state index contributed by atoms with van der Waals surface area (Å²) >= 11 is 0. The topological polar surface area (TPSA) is 101 Å². The molecule has 0 aliphatic heterocycles. The van der Waals surface area contributed by atoms with Crippen molar-refractivity contribution in [3.05, 3.63) is 0 Å². The van der Waals surface area contributed by atoms with Crippen LogP contribution >= 0.6 is 0 Å². The SMILES string of the molecule is CCC(=O)[O-].O[SiH](O)O.[Na+]. The predicted molar refractivity (Wildman–Crippen MR) is 29.1 cm³/mol. The number of hydrogen-bond acceptors (Lipinski definition) is 5. The summed E-state index contributed by atoms with van der Waals surface area (Å²) in [6.45, 7) is 1.54. The number of aliphatic carboxylic acids is 1. The van der Waals surface area contributed by atoms with Gasteiger partial charge in [0.25, 0.3) is 0 Å². The Morgan fingerprint density at radius 1 is 1.50 bits per heavy atom. The van der Waals surface area contributed by atoms with Crippen molar-refractivity contribution in [3.63, 3.8) is 0 Å². The molecule has 0 spiro atoms. The molecule has 0 aromatic rings. The van der Waals surface area contributed by atoms with Crippen LogP contribution in [-0.4, -0.2) is 29.9 Å². The van der Waals surface area contributed by atoms with Crippen LogP contribution in [0.2, 0.25) is 0 Å². The van der Waals surface area contributed by atoms with Crippen LogP contribution in [0.3, 0.4) is 0 Å². The van der Waals surface area contributed by atoms with Crippen LogP contribution in [0.1, 0.15) is 13.3 Å². The summed E-state index contributed by atoms with van der Waals surface area (Å²) in [7, 11) is -3.14. The van der Waals surface area contributed by atoms with E-state index in [0.717, 1.165) is 0 Å². The van der Waals surface area contributed by atoms with Crippen molar-refractivity contribution >= 4 is 15.5 Å². The first-order chi connectivity index (χ1) is 4.00. The molecule has 0 aromatic carbocycles. The van der Waals surface area contributed by atoms with Gasteiger partial charge in [0.15, 0.2) is 0 Å². The summed E-state index contributed by atoms with van der Waals surface area (Å²) in [5.74, 6) is -0.995. The first-order valence-corrected chi connectivity index (χ1v) is 3.79. The minimum absolute atomic E-state index is 0. The van der Waals surface area contributed by atoms with Gasteiger partial charge in [-0.3, -0.25) is 0 Å². The molecule has 3 N–H and O–H groups in total. The van der Waals surface area contributed by atoms with Gasteiger partial charge in [-0.25, -0.2) is 0 Å². The van der Waals surface area contributed by atoms with Crippen LogP contribution in [0, 0.1) is 0 Å². The molecule has 0 rings (SSSR count). The molecule has 0 radical (unpaired) electrons.